The number of rotatable bonds is 45. The molecular weight excluding hydrogens is 769 g/mol. The second-order valence-electron chi connectivity index (χ2n) is 16.9. The highest BCUT2D eigenvalue weighted by molar-refractivity contribution is 5.71. The van der Waals surface area contributed by atoms with E-state index in [2.05, 4.69) is 81.5 Å². The average Bonchev–Trinajstić information content (AvgIpc) is 3.27. The van der Waals surface area contributed by atoms with Gasteiger partial charge in [0.15, 0.2) is 6.10 Å². The largest absolute Gasteiger partial charge is 0.462 e. The van der Waals surface area contributed by atoms with Gasteiger partial charge in [-0.25, -0.2) is 0 Å². The third-order valence-electron chi connectivity index (χ3n) is 10.8. The number of carbonyl (C=O) groups excluding carboxylic acids is 3. The van der Waals surface area contributed by atoms with E-state index in [4.69, 9.17) is 14.2 Å². The molecule has 0 rings (SSSR count). The lowest BCUT2D eigenvalue weighted by molar-refractivity contribution is -0.167. The fraction of sp³-hybridized carbons (Fsp3) is 0.696. The fourth-order valence-electron chi connectivity index (χ4n) is 6.86. The van der Waals surface area contributed by atoms with E-state index in [9.17, 15) is 14.4 Å². The Morgan fingerprint density at radius 1 is 0.323 bits per heavy atom. The third-order valence-corrected chi connectivity index (χ3v) is 10.8. The summed E-state index contributed by atoms with van der Waals surface area (Å²) < 4.78 is 16.7. The molecule has 6 heteroatoms. The lowest BCUT2D eigenvalue weighted by Crippen LogP contribution is -2.30. The van der Waals surface area contributed by atoms with Crippen molar-refractivity contribution in [2.45, 2.75) is 239 Å². The minimum absolute atomic E-state index is 0.0976. The predicted octanol–water partition coefficient (Wildman–Crippen LogP) is 16.8. The summed E-state index contributed by atoms with van der Waals surface area (Å²) in [6, 6.07) is 0. The van der Waals surface area contributed by atoms with Crippen molar-refractivity contribution in [3.63, 3.8) is 0 Å². The Morgan fingerprint density at radius 3 is 1.05 bits per heavy atom. The maximum atomic E-state index is 12.8. The van der Waals surface area contributed by atoms with Crippen LogP contribution in [0.25, 0.3) is 0 Å². The summed E-state index contributed by atoms with van der Waals surface area (Å²) in [4.78, 5) is 37.9. The van der Waals surface area contributed by atoms with E-state index in [0.717, 1.165) is 96.3 Å². The van der Waals surface area contributed by atoms with Gasteiger partial charge in [-0.1, -0.05) is 241 Å². The highest BCUT2D eigenvalue weighted by Crippen LogP contribution is 2.15. The molecule has 0 saturated heterocycles. The van der Waals surface area contributed by atoms with E-state index < -0.39 is 6.10 Å². The van der Waals surface area contributed by atoms with Crippen molar-refractivity contribution >= 4 is 17.9 Å². The average molecular weight is 863 g/mol. The first-order valence-electron chi connectivity index (χ1n) is 25.7. The van der Waals surface area contributed by atoms with Gasteiger partial charge in [0.05, 0.1) is 0 Å². The van der Waals surface area contributed by atoms with Gasteiger partial charge >= 0.3 is 17.9 Å². The number of hydrogen-bond donors (Lipinski definition) is 0. The molecule has 0 bridgehead atoms. The summed E-state index contributed by atoms with van der Waals surface area (Å²) in [5, 5.41) is 0. The van der Waals surface area contributed by atoms with E-state index in [1.165, 1.54) is 96.3 Å². The number of ether oxygens (including phenoxy) is 3. The third kappa shape index (κ3) is 47.6. The summed E-state index contributed by atoms with van der Waals surface area (Å²) >= 11 is 0. The van der Waals surface area contributed by atoms with E-state index in [0.29, 0.717) is 19.3 Å². The maximum absolute atomic E-state index is 12.8. The molecule has 0 fully saturated rings. The first-order chi connectivity index (χ1) is 30.5. The molecule has 0 aliphatic rings. The molecule has 0 aromatic heterocycles. The molecule has 0 aliphatic carbocycles. The Bertz CT molecular complexity index is 1220. The van der Waals surface area contributed by atoms with Crippen LogP contribution in [0.5, 0.6) is 0 Å². The summed E-state index contributed by atoms with van der Waals surface area (Å²) in [6.45, 7) is 6.45. The van der Waals surface area contributed by atoms with E-state index in [1.54, 1.807) is 0 Å². The zero-order valence-corrected chi connectivity index (χ0v) is 40.4. The molecule has 0 amide bonds. The maximum Gasteiger partial charge on any atom is 0.306 e. The molecule has 6 nitrogen and oxygen atoms in total. The molecule has 1 unspecified atom stereocenters. The van der Waals surface area contributed by atoms with Crippen molar-refractivity contribution in [3.05, 3.63) is 85.1 Å². The quantitative estimate of drug-likeness (QED) is 0.0263. The van der Waals surface area contributed by atoms with Crippen LogP contribution < -0.4 is 0 Å². The molecule has 0 aliphatic heterocycles. The molecular formula is C56H94O6. The molecule has 0 heterocycles. The van der Waals surface area contributed by atoms with Crippen LogP contribution in [0.2, 0.25) is 0 Å². The number of esters is 3. The zero-order valence-electron chi connectivity index (χ0n) is 40.4. The standard InChI is InChI=1S/C56H94O6/c1-4-7-10-13-16-19-22-24-26-27-28-30-31-34-37-40-43-46-49-55(58)61-52-53(51-60-54(57)48-45-42-39-36-33-21-18-15-12-9-6-3)62-56(59)50-47-44-41-38-35-32-29-25-23-20-17-14-11-8-5-2/h10,13,15-16,18-19,21-22,24,26-28,30,33,53H,4-9,11-12,14,17,20,23,25,29,31-32,34-52H2,1-3H3/b13-10-,18-15-,19-16-,24-22-,27-26-,30-28-,33-21-. The number of hydrogen-bond acceptors (Lipinski definition) is 6. The van der Waals surface area contributed by atoms with Gasteiger partial charge in [0, 0.05) is 19.3 Å². The molecule has 0 N–H and O–H groups in total. The van der Waals surface area contributed by atoms with Crippen LogP contribution in [0.15, 0.2) is 85.1 Å². The molecule has 1 atom stereocenters. The molecule has 0 radical (unpaired) electrons. The Balaban J connectivity index is 4.44. The van der Waals surface area contributed by atoms with Crippen LogP contribution in [0.1, 0.15) is 233 Å². The SMILES string of the molecule is CCC\C=C/C=C\C=C/C=C\C=C/CCCCCCCC(=O)OCC(COC(=O)CCCCC/C=C\C=C/CCCC)OC(=O)CCCCCCCCCCCCCCCCC. The van der Waals surface area contributed by atoms with Gasteiger partial charge in [-0.05, 0) is 57.8 Å². The topological polar surface area (TPSA) is 78.9 Å². The highest BCUT2D eigenvalue weighted by Gasteiger charge is 2.19. The lowest BCUT2D eigenvalue weighted by Gasteiger charge is -2.18. The number of unbranched alkanes of at least 4 members (excludes halogenated alkanes) is 25. The number of carbonyl (C=O) groups is 3. The number of allylic oxidation sites excluding steroid dienone is 14. The first kappa shape index (κ1) is 58.6. The van der Waals surface area contributed by atoms with Gasteiger partial charge in [-0.15, -0.1) is 0 Å². The van der Waals surface area contributed by atoms with Crippen LogP contribution in [-0.2, 0) is 28.6 Å². The van der Waals surface area contributed by atoms with Crippen LogP contribution in [0.3, 0.4) is 0 Å². The van der Waals surface area contributed by atoms with Crippen LogP contribution >= 0.6 is 0 Å². The van der Waals surface area contributed by atoms with Gasteiger partial charge in [-0.3, -0.25) is 14.4 Å². The minimum Gasteiger partial charge on any atom is -0.462 e. The van der Waals surface area contributed by atoms with Crippen LogP contribution in [0, 0.1) is 0 Å². The molecule has 0 aromatic rings. The van der Waals surface area contributed by atoms with Crippen molar-refractivity contribution in [3.8, 4) is 0 Å². The van der Waals surface area contributed by atoms with Gasteiger partial charge in [-0.2, -0.15) is 0 Å². The van der Waals surface area contributed by atoms with Crippen LogP contribution in [-0.4, -0.2) is 37.2 Å². The Morgan fingerprint density at radius 2 is 0.629 bits per heavy atom. The second kappa shape index (κ2) is 50.2. The molecule has 0 spiro atoms. The van der Waals surface area contributed by atoms with Crippen molar-refractivity contribution in [1.82, 2.24) is 0 Å². The first-order valence-corrected chi connectivity index (χ1v) is 25.7. The van der Waals surface area contributed by atoms with Crippen molar-refractivity contribution in [1.29, 1.82) is 0 Å². The minimum atomic E-state index is -0.796. The Kier molecular flexibility index (Phi) is 47.5. The summed E-state index contributed by atoms with van der Waals surface area (Å²) in [6.07, 6.45) is 64.2. The van der Waals surface area contributed by atoms with Gasteiger partial charge in [0.1, 0.15) is 13.2 Å². The Labute approximate surface area is 382 Å². The van der Waals surface area contributed by atoms with Gasteiger partial charge < -0.3 is 14.2 Å². The van der Waals surface area contributed by atoms with E-state index >= 15 is 0 Å². The normalized spacial score (nSPS) is 12.8. The zero-order chi connectivity index (χ0) is 45.1. The molecule has 0 saturated carbocycles. The van der Waals surface area contributed by atoms with E-state index in [-0.39, 0.29) is 31.1 Å². The van der Waals surface area contributed by atoms with Crippen molar-refractivity contribution in [2.24, 2.45) is 0 Å². The lowest BCUT2D eigenvalue weighted by atomic mass is 10.0. The summed E-state index contributed by atoms with van der Waals surface area (Å²) in [5.41, 5.74) is 0. The second-order valence-corrected chi connectivity index (χ2v) is 16.9. The predicted molar refractivity (Wildman–Crippen MR) is 265 cm³/mol. The van der Waals surface area contributed by atoms with Crippen LogP contribution in [0.4, 0.5) is 0 Å². The van der Waals surface area contributed by atoms with Gasteiger partial charge in [0.2, 0.25) is 0 Å². The summed E-state index contributed by atoms with van der Waals surface area (Å²) in [5.74, 6) is -0.947. The Hall–Kier alpha value is -3.41. The van der Waals surface area contributed by atoms with Crippen molar-refractivity contribution < 1.29 is 28.6 Å². The molecule has 0 aromatic carbocycles. The molecule has 354 valence electrons. The molecule has 62 heavy (non-hydrogen) atoms. The smallest absolute Gasteiger partial charge is 0.306 e. The van der Waals surface area contributed by atoms with Crippen molar-refractivity contribution in [2.75, 3.05) is 13.2 Å². The highest BCUT2D eigenvalue weighted by atomic mass is 16.6. The summed E-state index contributed by atoms with van der Waals surface area (Å²) in [7, 11) is 0. The fourth-order valence-corrected chi connectivity index (χ4v) is 6.86. The monoisotopic (exact) mass is 863 g/mol. The van der Waals surface area contributed by atoms with Gasteiger partial charge in [0.25, 0.3) is 0 Å². The van der Waals surface area contributed by atoms with E-state index in [1.807, 2.05) is 24.3 Å².